The lowest BCUT2D eigenvalue weighted by Crippen LogP contribution is -2.03. The van der Waals surface area contributed by atoms with Crippen molar-refractivity contribution in [3.8, 4) is 11.4 Å². The minimum Gasteiger partial charge on any atom is -0.497 e. The van der Waals surface area contributed by atoms with E-state index < -0.39 is 4.92 Å². The summed E-state index contributed by atoms with van der Waals surface area (Å²) in [7, 11) is 1.59. The third-order valence-corrected chi connectivity index (χ3v) is 3.71. The molecule has 0 bridgehead atoms. The molecule has 0 radical (unpaired) electrons. The Hall–Kier alpha value is -3.68. The van der Waals surface area contributed by atoms with Gasteiger partial charge in [0.15, 0.2) is 0 Å². The van der Waals surface area contributed by atoms with Gasteiger partial charge < -0.3 is 4.74 Å². The number of nitro groups is 1. The van der Waals surface area contributed by atoms with E-state index in [1.807, 2.05) is 54.6 Å². The van der Waals surface area contributed by atoms with Gasteiger partial charge in [-0.1, -0.05) is 18.2 Å². The van der Waals surface area contributed by atoms with E-state index in [0.717, 1.165) is 11.3 Å². The molecule has 0 aliphatic heterocycles. The van der Waals surface area contributed by atoms with Crippen molar-refractivity contribution in [3.05, 3.63) is 76.0 Å². The zero-order valence-electron chi connectivity index (χ0n) is 14.3. The Morgan fingerprint density at radius 1 is 1.19 bits per heavy atom. The van der Waals surface area contributed by atoms with Gasteiger partial charge in [0.05, 0.1) is 23.9 Å². The van der Waals surface area contributed by atoms with Gasteiger partial charge >= 0.3 is 5.69 Å². The Kier molecular flexibility index (Phi) is 4.93. The van der Waals surface area contributed by atoms with Crippen LogP contribution in [0.25, 0.3) is 5.69 Å². The molecule has 0 saturated heterocycles. The number of anilines is 1. The molecule has 0 amide bonds. The number of methoxy groups -OCH3 is 1. The molecule has 3 rings (SSSR count). The highest BCUT2D eigenvalue weighted by Crippen LogP contribution is 2.30. The van der Waals surface area contributed by atoms with Crippen LogP contribution < -0.4 is 10.2 Å². The number of hydrogen-bond donors (Lipinski definition) is 1. The summed E-state index contributed by atoms with van der Waals surface area (Å²) in [4.78, 5) is 11.0. The lowest BCUT2D eigenvalue weighted by molar-refractivity contribution is -0.384. The molecule has 0 aliphatic carbocycles. The normalized spacial score (nSPS) is 10.8. The predicted molar refractivity (Wildman–Crippen MR) is 99.2 cm³/mol. The van der Waals surface area contributed by atoms with Crippen LogP contribution in [0, 0.1) is 17.0 Å². The van der Waals surface area contributed by atoms with Gasteiger partial charge in [0.1, 0.15) is 11.4 Å². The van der Waals surface area contributed by atoms with Crippen LogP contribution in [0.15, 0.2) is 59.7 Å². The highest BCUT2D eigenvalue weighted by atomic mass is 16.6. The molecule has 132 valence electrons. The number of aryl methyl sites for hydroxylation is 1. The Labute approximate surface area is 149 Å². The number of hydrogen-bond acceptors (Lipinski definition) is 6. The van der Waals surface area contributed by atoms with E-state index >= 15 is 0 Å². The summed E-state index contributed by atoms with van der Waals surface area (Å²) < 4.78 is 6.58. The molecule has 0 saturated carbocycles. The summed E-state index contributed by atoms with van der Waals surface area (Å²) >= 11 is 0. The molecular formula is C18H17N5O3. The number of benzene rings is 2. The molecule has 8 heteroatoms. The third-order valence-electron chi connectivity index (χ3n) is 3.71. The second kappa shape index (κ2) is 7.47. The first-order valence-electron chi connectivity index (χ1n) is 7.82. The quantitative estimate of drug-likeness (QED) is 0.416. The SMILES string of the molecule is COc1ccc(/C=N\Nc2c([N+](=O)[O-])c(C)nn2-c2ccccc2)cc1. The number of para-hydroxylation sites is 1. The number of rotatable bonds is 6. The average molecular weight is 351 g/mol. The van der Waals surface area contributed by atoms with Gasteiger partial charge in [-0.05, 0) is 48.9 Å². The Bertz CT molecular complexity index is 933. The summed E-state index contributed by atoms with van der Waals surface area (Å²) in [6.07, 6.45) is 1.57. The van der Waals surface area contributed by atoms with Crippen LogP contribution in [0.1, 0.15) is 11.3 Å². The third kappa shape index (κ3) is 3.54. The minimum atomic E-state index is -0.465. The summed E-state index contributed by atoms with van der Waals surface area (Å²) in [5.41, 5.74) is 4.48. The summed E-state index contributed by atoms with van der Waals surface area (Å²) in [5.74, 6) is 0.937. The van der Waals surface area contributed by atoms with Gasteiger partial charge in [-0.25, -0.2) is 4.68 Å². The second-order valence-electron chi connectivity index (χ2n) is 5.43. The van der Waals surface area contributed by atoms with Crippen molar-refractivity contribution in [1.82, 2.24) is 9.78 Å². The number of nitrogens with zero attached hydrogens (tertiary/aromatic N) is 4. The van der Waals surface area contributed by atoms with E-state index in [4.69, 9.17) is 4.74 Å². The Balaban J connectivity index is 1.92. The maximum atomic E-state index is 11.4. The Morgan fingerprint density at radius 2 is 1.88 bits per heavy atom. The first kappa shape index (κ1) is 17.2. The van der Waals surface area contributed by atoms with Crippen molar-refractivity contribution in [3.63, 3.8) is 0 Å². The largest absolute Gasteiger partial charge is 0.497 e. The van der Waals surface area contributed by atoms with E-state index in [9.17, 15) is 10.1 Å². The van der Waals surface area contributed by atoms with Crippen molar-refractivity contribution < 1.29 is 9.66 Å². The molecule has 0 spiro atoms. The zero-order valence-corrected chi connectivity index (χ0v) is 14.3. The van der Waals surface area contributed by atoms with Gasteiger partial charge in [0.2, 0.25) is 5.82 Å². The maximum Gasteiger partial charge on any atom is 0.335 e. The molecule has 1 aromatic heterocycles. The molecule has 0 atom stereocenters. The molecule has 26 heavy (non-hydrogen) atoms. The van der Waals surface area contributed by atoms with E-state index in [1.54, 1.807) is 20.2 Å². The summed E-state index contributed by atoms with van der Waals surface area (Å²) in [6.45, 7) is 1.59. The molecule has 0 unspecified atom stereocenters. The lowest BCUT2D eigenvalue weighted by atomic mass is 10.2. The molecule has 8 nitrogen and oxygen atoms in total. The van der Waals surface area contributed by atoms with E-state index in [1.165, 1.54) is 4.68 Å². The molecule has 3 aromatic rings. The molecule has 0 fully saturated rings. The van der Waals surface area contributed by atoms with E-state index in [-0.39, 0.29) is 11.5 Å². The van der Waals surface area contributed by atoms with Gasteiger partial charge in [-0.3, -0.25) is 15.5 Å². The monoisotopic (exact) mass is 351 g/mol. The molecular weight excluding hydrogens is 334 g/mol. The molecule has 0 aliphatic rings. The minimum absolute atomic E-state index is 0.110. The summed E-state index contributed by atoms with van der Waals surface area (Å²) in [6, 6.07) is 16.4. The molecule has 2 aromatic carbocycles. The standard InChI is InChI=1S/C18H17N5O3/c1-13-17(23(24)25)18(22(21-13)15-6-4-3-5-7-15)20-19-12-14-8-10-16(26-2)11-9-14/h3-12,20H,1-2H3/b19-12-. The second-order valence-corrected chi connectivity index (χ2v) is 5.43. The first-order valence-corrected chi connectivity index (χ1v) is 7.82. The number of aromatic nitrogens is 2. The fourth-order valence-electron chi connectivity index (χ4n) is 2.45. The van der Waals surface area contributed by atoms with Crippen LogP contribution in [0.3, 0.4) is 0 Å². The Morgan fingerprint density at radius 3 is 2.50 bits per heavy atom. The van der Waals surface area contributed by atoms with Crippen molar-refractivity contribution >= 4 is 17.7 Å². The van der Waals surface area contributed by atoms with E-state index in [2.05, 4.69) is 15.6 Å². The van der Waals surface area contributed by atoms with Gasteiger partial charge in [-0.2, -0.15) is 10.2 Å². The highest BCUT2D eigenvalue weighted by Gasteiger charge is 2.25. The fraction of sp³-hybridized carbons (Fsp3) is 0.111. The molecule has 1 N–H and O–H groups in total. The van der Waals surface area contributed by atoms with Crippen LogP contribution in [0.4, 0.5) is 11.5 Å². The van der Waals surface area contributed by atoms with Crippen molar-refractivity contribution in [2.24, 2.45) is 5.10 Å². The number of ether oxygens (including phenoxy) is 1. The van der Waals surface area contributed by atoms with Gasteiger partial charge in [0.25, 0.3) is 0 Å². The van der Waals surface area contributed by atoms with E-state index in [0.29, 0.717) is 11.4 Å². The smallest absolute Gasteiger partial charge is 0.335 e. The van der Waals surface area contributed by atoms with Crippen molar-refractivity contribution in [2.75, 3.05) is 12.5 Å². The predicted octanol–water partition coefficient (Wildman–Crippen LogP) is 3.54. The van der Waals surface area contributed by atoms with Crippen LogP contribution >= 0.6 is 0 Å². The average Bonchev–Trinajstić information content (AvgIpc) is 2.99. The summed E-state index contributed by atoms with van der Waals surface area (Å²) in [5, 5.41) is 19.8. The van der Waals surface area contributed by atoms with Crippen molar-refractivity contribution in [1.29, 1.82) is 0 Å². The highest BCUT2D eigenvalue weighted by molar-refractivity contribution is 5.80. The number of nitrogens with one attached hydrogen (secondary N) is 1. The van der Waals surface area contributed by atoms with Crippen LogP contribution in [0.2, 0.25) is 0 Å². The zero-order chi connectivity index (χ0) is 18.5. The van der Waals surface area contributed by atoms with Crippen LogP contribution in [-0.2, 0) is 0 Å². The first-order chi connectivity index (χ1) is 12.6. The fourth-order valence-corrected chi connectivity index (χ4v) is 2.45. The maximum absolute atomic E-state index is 11.4. The van der Waals surface area contributed by atoms with Gasteiger partial charge in [-0.15, -0.1) is 0 Å². The topological polar surface area (TPSA) is 94.6 Å². The van der Waals surface area contributed by atoms with Crippen molar-refractivity contribution in [2.45, 2.75) is 6.92 Å². The van der Waals surface area contributed by atoms with Gasteiger partial charge in [0, 0.05) is 0 Å². The lowest BCUT2D eigenvalue weighted by Gasteiger charge is -2.05. The van der Waals surface area contributed by atoms with Crippen LogP contribution in [-0.4, -0.2) is 28.0 Å². The molecule has 1 heterocycles. The number of hydrazone groups is 1. The van der Waals surface area contributed by atoms with Crippen LogP contribution in [0.5, 0.6) is 5.75 Å².